The molecule has 98 valence electrons. The second-order valence-electron chi connectivity index (χ2n) is 4.10. The number of thiol groups is 1. The van der Waals surface area contributed by atoms with Crippen LogP contribution in [0, 0.1) is 12.7 Å². The van der Waals surface area contributed by atoms with Crippen LogP contribution in [0.4, 0.5) is 10.1 Å². The van der Waals surface area contributed by atoms with Gasteiger partial charge in [0.05, 0.1) is 11.3 Å². The molecule has 0 aliphatic carbocycles. The SMILES string of the molecule is Cc1ccc(NC(=O)c2ccc(Br)cc2S)c(F)c1. The average Bonchev–Trinajstić information content (AvgIpc) is 2.32. The molecule has 0 bridgehead atoms. The quantitative estimate of drug-likeness (QED) is 0.778. The van der Waals surface area contributed by atoms with Crippen LogP contribution < -0.4 is 5.32 Å². The minimum absolute atomic E-state index is 0.159. The number of nitrogens with one attached hydrogen (secondary N) is 1. The maximum Gasteiger partial charge on any atom is 0.256 e. The molecule has 2 aromatic rings. The Morgan fingerprint density at radius 3 is 2.63 bits per heavy atom. The maximum absolute atomic E-state index is 13.6. The van der Waals surface area contributed by atoms with Crippen LogP contribution in [0.25, 0.3) is 0 Å². The van der Waals surface area contributed by atoms with Crippen LogP contribution in [0.15, 0.2) is 45.8 Å². The van der Waals surface area contributed by atoms with Gasteiger partial charge in [-0.05, 0) is 42.8 Å². The van der Waals surface area contributed by atoms with Crippen molar-refractivity contribution in [2.45, 2.75) is 11.8 Å². The van der Waals surface area contributed by atoms with Crippen LogP contribution in [0.3, 0.4) is 0 Å². The number of benzene rings is 2. The van der Waals surface area contributed by atoms with Crippen LogP contribution in [0.1, 0.15) is 15.9 Å². The molecular weight excluding hydrogens is 329 g/mol. The molecule has 0 spiro atoms. The minimum Gasteiger partial charge on any atom is -0.319 e. The zero-order chi connectivity index (χ0) is 14.0. The van der Waals surface area contributed by atoms with E-state index in [0.29, 0.717) is 10.5 Å². The molecule has 0 aromatic heterocycles. The lowest BCUT2D eigenvalue weighted by atomic mass is 10.2. The average molecular weight is 340 g/mol. The summed E-state index contributed by atoms with van der Waals surface area (Å²) in [6, 6.07) is 9.73. The lowest BCUT2D eigenvalue weighted by Crippen LogP contribution is -2.13. The Morgan fingerprint density at radius 1 is 1.26 bits per heavy atom. The highest BCUT2D eigenvalue weighted by atomic mass is 79.9. The number of hydrogen-bond acceptors (Lipinski definition) is 2. The maximum atomic E-state index is 13.6. The zero-order valence-electron chi connectivity index (χ0n) is 10.1. The molecule has 0 heterocycles. The van der Waals surface area contributed by atoms with E-state index in [-0.39, 0.29) is 11.6 Å². The van der Waals surface area contributed by atoms with Crippen molar-refractivity contribution >= 4 is 40.2 Å². The number of anilines is 1. The third kappa shape index (κ3) is 3.36. The summed E-state index contributed by atoms with van der Waals surface area (Å²) in [7, 11) is 0. The molecule has 2 rings (SSSR count). The molecule has 0 saturated heterocycles. The fraction of sp³-hybridized carbons (Fsp3) is 0.0714. The van der Waals surface area contributed by atoms with Crippen LogP contribution in [0.5, 0.6) is 0 Å². The van der Waals surface area contributed by atoms with Gasteiger partial charge in [0.25, 0.3) is 5.91 Å². The summed E-state index contributed by atoms with van der Waals surface area (Å²) in [5.74, 6) is -0.841. The van der Waals surface area contributed by atoms with Crippen molar-refractivity contribution in [3.05, 3.63) is 57.8 Å². The summed E-state index contributed by atoms with van der Waals surface area (Å²) in [5, 5.41) is 2.54. The van der Waals surface area contributed by atoms with Crippen molar-refractivity contribution in [1.82, 2.24) is 0 Å². The predicted molar refractivity (Wildman–Crippen MR) is 80.5 cm³/mol. The van der Waals surface area contributed by atoms with Crippen molar-refractivity contribution in [2.24, 2.45) is 0 Å². The molecule has 0 unspecified atom stereocenters. The highest BCUT2D eigenvalue weighted by Crippen LogP contribution is 2.22. The fourth-order valence-corrected chi connectivity index (χ4v) is 2.46. The van der Waals surface area contributed by atoms with Crippen molar-refractivity contribution in [2.75, 3.05) is 5.32 Å². The molecule has 0 aliphatic heterocycles. The lowest BCUT2D eigenvalue weighted by molar-refractivity contribution is 0.102. The Bertz CT molecular complexity index is 645. The number of aryl methyl sites for hydroxylation is 1. The van der Waals surface area contributed by atoms with Gasteiger partial charge in [-0.3, -0.25) is 4.79 Å². The van der Waals surface area contributed by atoms with Gasteiger partial charge in [-0.2, -0.15) is 0 Å². The second-order valence-corrected chi connectivity index (χ2v) is 5.50. The van der Waals surface area contributed by atoms with Crippen LogP contribution in [-0.2, 0) is 0 Å². The van der Waals surface area contributed by atoms with Crippen LogP contribution in [0.2, 0.25) is 0 Å². The number of carbonyl (C=O) groups excluding carboxylic acids is 1. The van der Waals surface area contributed by atoms with Crippen molar-refractivity contribution in [1.29, 1.82) is 0 Å². The van der Waals surface area contributed by atoms with Crippen LogP contribution in [-0.4, -0.2) is 5.91 Å². The van der Waals surface area contributed by atoms with Gasteiger partial charge in [-0.25, -0.2) is 4.39 Å². The molecule has 2 nitrogen and oxygen atoms in total. The summed E-state index contributed by atoms with van der Waals surface area (Å²) >= 11 is 7.52. The molecular formula is C14H11BrFNOS. The Kier molecular flexibility index (Phi) is 4.27. The third-order valence-electron chi connectivity index (χ3n) is 2.58. The van der Waals surface area contributed by atoms with Gasteiger partial charge in [0.1, 0.15) is 5.82 Å². The lowest BCUT2D eigenvalue weighted by Gasteiger charge is -2.09. The van der Waals surface area contributed by atoms with Crippen molar-refractivity contribution in [3.8, 4) is 0 Å². The number of rotatable bonds is 2. The van der Waals surface area contributed by atoms with Crippen LogP contribution >= 0.6 is 28.6 Å². The first kappa shape index (κ1) is 14.1. The standard InChI is InChI=1S/C14H11BrFNOS/c1-8-2-5-12(11(16)6-8)17-14(18)10-4-3-9(15)7-13(10)19/h2-7,19H,1H3,(H,17,18). The molecule has 19 heavy (non-hydrogen) atoms. The predicted octanol–water partition coefficient (Wildman–Crippen LogP) is 4.44. The monoisotopic (exact) mass is 339 g/mol. The van der Waals surface area contributed by atoms with E-state index in [9.17, 15) is 9.18 Å². The van der Waals surface area contributed by atoms with E-state index < -0.39 is 5.82 Å². The largest absolute Gasteiger partial charge is 0.319 e. The van der Waals surface area contributed by atoms with Gasteiger partial charge in [-0.15, -0.1) is 12.6 Å². The van der Waals surface area contributed by atoms with Crippen molar-refractivity contribution in [3.63, 3.8) is 0 Å². The van der Waals surface area contributed by atoms with Gasteiger partial charge >= 0.3 is 0 Å². The zero-order valence-corrected chi connectivity index (χ0v) is 12.6. The highest BCUT2D eigenvalue weighted by Gasteiger charge is 2.12. The molecule has 0 aliphatic rings. The second kappa shape index (κ2) is 5.75. The Hall–Kier alpha value is -1.33. The summed E-state index contributed by atoms with van der Waals surface area (Å²) in [5.41, 5.74) is 1.35. The van der Waals surface area contributed by atoms with Crippen molar-refractivity contribution < 1.29 is 9.18 Å². The van der Waals surface area contributed by atoms with Gasteiger partial charge < -0.3 is 5.32 Å². The highest BCUT2D eigenvalue weighted by molar-refractivity contribution is 9.10. The Labute approximate surface area is 124 Å². The van der Waals surface area contributed by atoms with E-state index in [2.05, 4.69) is 33.9 Å². The first-order valence-electron chi connectivity index (χ1n) is 5.53. The first-order chi connectivity index (χ1) is 8.97. The fourth-order valence-electron chi connectivity index (χ4n) is 1.61. The molecule has 0 atom stereocenters. The molecule has 2 aromatic carbocycles. The summed E-state index contributed by atoms with van der Waals surface area (Å²) in [6.45, 7) is 1.79. The third-order valence-corrected chi connectivity index (χ3v) is 3.44. The molecule has 1 amide bonds. The number of hydrogen-bond donors (Lipinski definition) is 2. The number of halogens is 2. The Balaban J connectivity index is 2.25. The van der Waals surface area contributed by atoms with Gasteiger partial charge in [-0.1, -0.05) is 22.0 Å². The summed E-state index contributed by atoms with van der Waals surface area (Å²) in [6.07, 6.45) is 0. The Morgan fingerprint density at radius 2 is 2.00 bits per heavy atom. The van der Waals surface area contributed by atoms with Gasteiger partial charge in [0.15, 0.2) is 0 Å². The van der Waals surface area contributed by atoms with E-state index in [0.717, 1.165) is 10.0 Å². The molecule has 0 fully saturated rings. The van der Waals surface area contributed by atoms with E-state index in [4.69, 9.17) is 0 Å². The van der Waals surface area contributed by atoms with Gasteiger partial charge in [0, 0.05) is 9.37 Å². The van der Waals surface area contributed by atoms with E-state index >= 15 is 0 Å². The number of amides is 1. The first-order valence-corrected chi connectivity index (χ1v) is 6.77. The summed E-state index contributed by atoms with van der Waals surface area (Å²) in [4.78, 5) is 12.6. The van der Waals surface area contributed by atoms with Gasteiger partial charge in [0.2, 0.25) is 0 Å². The molecule has 0 radical (unpaired) electrons. The minimum atomic E-state index is -0.453. The molecule has 1 N–H and O–H groups in total. The topological polar surface area (TPSA) is 29.1 Å². The number of carbonyl (C=O) groups is 1. The smallest absolute Gasteiger partial charge is 0.256 e. The normalized spacial score (nSPS) is 10.3. The van der Waals surface area contributed by atoms with E-state index in [1.54, 1.807) is 37.3 Å². The molecule has 5 heteroatoms. The summed E-state index contributed by atoms with van der Waals surface area (Å²) < 4.78 is 14.5. The van der Waals surface area contributed by atoms with E-state index in [1.165, 1.54) is 6.07 Å². The molecule has 0 saturated carbocycles. The van der Waals surface area contributed by atoms with E-state index in [1.807, 2.05) is 0 Å².